The summed E-state index contributed by atoms with van der Waals surface area (Å²) in [6.07, 6.45) is 2.63. The molecule has 0 bridgehead atoms. The first-order valence-corrected chi connectivity index (χ1v) is 8.14. The maximum absolute atomic E-state index is 14.1. The maximum Gasteiger partial charge on any atom is 0.127 e. The van der Waals surface area contributed by atoms with Crippen LogP contribution in [-0.4, -0.2) is 22.5 Å². The Kier molecular flexibility index (Phi) is 2.88. The van der Waals surface area contributed by atoms with Crippen LogP contribution in [0.5, 0.6) is 5.75 Å². The van der Waals surface area contributed by atoms with Crippen molar-refractivity contribution < 1.29 is 14.6 Å². The molecule has 0 aromatic heterocycles. The molecule has 0 aliphatic heterocycles. The van der Waals surface area contributed by atoms with Gasteiger partial charge in [-0.05, 0) is 78.5 Å². The van der Waals surface area contributed by atoms with Crippen LogP contribution in [-0.2, 0) is 6.42 Å². The van der Waals surface area contributed by atoms with Crippen molar-refractivity contribution in [2.75, 3.05) is 0 Å². The standard InChI is InChI=1S/C18H23FO2/c1-18-7-6-13-12-5-3-11(20)8-10(12)2-4-14(13)15(18)9-16(19)17(18)21/h3,5,8,13-17,20-21H,2,4,6-7,9H2,1H3/t13-,14-,15+,16-,17+,18+/m1/s1. The van der Waals surface area contributed by atoms with Crippen LogP contribution < -0.4 is 0 Å². The second kappa shape index (κ2) is 4.45. The van der Waals surface area contributed by atoms with Gasteiger partial charge in [0.15, 0.2) is 0 Å². The Morgan fingerprint density at radius 1 is 1.29 bits per heavy atom. The predicted molar refractivity (Wildman–Crippen MR) is 79.0 cm³/mol. The Balaban J connectivity index is 1.71. The third-order valence-electron chi connectivity index (χ3n) is 6.65. The summed E-state index contributed by atoms with van der Waals surface area (Å²) in [7, 11) is 0. The van der Waals surface area contributed by atoms with Crippen LogP contribution in [0.4, 0.5) is 4.39 Å². The average molecular weight is 290 g/mol. The Bertz CT molecular complexity index is 572. The minimum absolute atomic E-state index is 0.241. The fourth-order valence-electron chi connectivity index (χ4n) is 5.51. The molecule has 0 heterocycles. The van der Waals surface area contributed by atoms with Gasteiger partial charge in [0.25, 0.3) is 0 Å². The monoisotopic (exact) mass is 290 g/mol. The lowest BCUT2D eigenvalue weighted by Gasteiger charge is -2.49. The second-order valence-electron chi connectivity index (χ2n) is 7.54. The first kappa shape index (κ1) is 13.6. The minimum atomic E-state index is -1.06. The van der Waals surface area contributed by atoms with E-state index in [-0.39, 0.29) is 5.41 Å². The molecule has 2 fully saturated rings. The van der Waals surface area contributed by atoms with Gasteiger partial charge in [-0.25, -0.2) is 4.39 Å². The summed E-state index contributed by atoms with van der Waals surface area (Å²) in [4.78, 5) is 0. The SMILES string of the molecule is C[C@]12CC[C@@H]3c4ccc(O)cc4CC[C@H]3[C@@H]1C[C@@H](F)[C@@H]2O. The maximum atomic E-state index is 14.1. The molecule has 1 aromatic rings. The molecule has 4 rings (SSSR count). The van der Waals surface area contributed by atoms with Gasteiger partial charge in [0, 0.05) is 0 Å². The molecule has 1 aromatic carbocycles. The Morgan fingerprint density at radius 2 is 2.10 bits per heavy atom. The van der Waals surface area contributed by atoms with E-state index in [1.165, 1.54) is 11.1 Å². The number of aryl methyl sites for hydroxylation is 1. The van der Waals surface area contributed by atoms with Crippen LogP contribution in [0.1, 0.15) is 49.7 Å². The Hall–Kier alpha value is -1.09. The number of benzene rings is 1. The molecular formula is C18H23FO2. The fourth-order valence-corrected chi connectivity index (χ4v) is 5.51. The molecule has 0 amide bonds. The molecule has 2 N–H and O–H groups in total. The zero-order chi connectivity index (χ0) is 14.8. The lowest BCUT2D eigenvalue weighted by Crippen LogP contribution is -2.44. The van der Waals surface area contributed by atoms with Gasteiger partial charge >= 0.3 is 0 Å². The fraction of sp³-hybridized carbons (Fsp3) is 0.667. The van der Waals surface area contributed by atoms with E-state index in [9.17, 15) is 14.6 Å². The highest BCUT2D eigenvalue weighted by Crippen LogP contribution is 2.61. The molecule has 3 aliphatic carbocycles. The van der Waals surface area contributed by atoms with Crippen molar-refractivity contribution in [1.82, 2.24) is 0 Å². The van der Waals surface area contributed by atoms with E-state index in [2.05, 4.69) is 13.0 Å². The highest BCUT2D eigenvalue weighted by Gasteiger charge is 2.58. The van der Waals surface area contributed by atoms with Crippen molar-refractivity contribution in [3.63, 3.8) is 0 Å². The van der Waals surface area contributed by atoms with E-state index in [0.717, 1.165) is 25.7 Å². The van der Waals surface area contributed by atoms with Gasteiger partial charge in [0.1, 0.15) is 11.9 Å². The highest BCUT2D eigenvalue weighted by atomic mass is 19.1. The van der Waals surface area contributed by atoms with Crippen molar-refractivity contribution in [3.8, 4) is 5.75 Å². The number of hydrogen-bond acceptors (Lipinski definition) is 2. The average Bonchev–Trinajstić information content (AvgIpc) is 2.70. The van der Waals surface area contributed by atoms with Crippen molar-refractivity contribution >= 4 is 0 Å². The molecule has 2 nitrogen and oxygen atoms in total. The highest BCUT2D eigenvalue weighted by molar-refractivity contribution is 5.40. The normalized spacial score (nSPS) is 44.8. The van der Waals surface area contributed by atoms with Gasteiger partial charge in [0.2, 0.25) is 0 Å². The predicted octanol–water partition coefficient (Wildman–Crippen LogP) is 3.56. The smallest absolute Gasteiger partial charge is 0.127 e. The molecule has 0 spiro atoms. The van der Waals surface area contributed by atoms with Crippen LogP contribution >= 0.6 is 0 Å². The number of phenols is 1. The van der Waals surface area contributed by atoms with Crippen LogP contribution in [0.2, 0.25) is 0 Å². The van der Waals surface area contributed by atoms with Crippen LogP contribution in [0.3, 0.4) is 0 Å². The number of aromatic hydroxyl groups is 1. The first-order chi connectivity index (χ1) is 10.0. The number of halogens is 1. The number of phenolic OH excluding ortho intramolecular Hbond substituents is 1. The second-order valence-corrected chi connectivity index (χ2v) is 7.54. The van der Waals surface area contributed by atoms with Gasteiger partial charge in [-0.1, -0.05) is 13.0 Å². The molecule has 6 atom stereocenters. The van der Waals surface area contributed by atoms with E-state index in [4.69, 9.17) is 0 Å². The van der Waals surface area contributed by atoms with Gasteiger partial charge in [0.05, 0.1) is 6.10 Å². The lowest BCUT2D eigenvalue weighted by molar-refractivity contribution is -0.0365. The third kappa shape index (κ3) is 1.79. The van der Waals surface area contributed by atoms with Crippen LogP contribution in [0.25, 0.3) is 0 Å². The van der Waals surface area contributed by atoms with Crippen LogP contribution in [0, 0.1) is 17.3 Å². The summed E-state index contributed by atoms with van der Waals surface area (Å²) in [5.74, 6) is 1.59. The molecule has 0 unspecified atom stereocenters. The summed E-state index contributed by atoms with van der Waals surface area (Å²) in [5, 5.41) is 19.9. The summed E-state index contributed by atoms with van der Waals surface area (Å²) in [5.41, 5.74) is 2.37. The van der Waals surface area contributed by atoms with Gasteiger partial charge in [-0.2, -0.15) is 0 Å². The van der Waals surface area contributed by atoms with E-state index in [1.807, 2.05) is 6.07 Å². The number of alkyl halides is 1. The zero-order valence-corrected chi connectivity index (χ0v) is 12.4. The number of rotatable bonds is 0. The number of hydrogen-bond donors (Lipinski definition) is 2. The molecular weight excluding hydrogens is 267 g/mol. The van der Waals surface area contributed by atoms with Crippen molar-refractivity contribution in [2.45, 2.75) is 57.2 Å². The van der Waals surface area contributed by atoms with Gasteiger partial charge in [-0.3, -0.25) is 0 Å². The first-order valence-electron chi connectivity index (χ1n) is 8.14. The molecule has 3 aliphatic rings. The van der Waals surface area contributed by atoms with E-state index in [0.29, 0.717) is 29.9 Å². The molecule has 0 radical (unpaired) electrons. The van der Waals surface area contributed by atoms with Gasteiger partial charge < -0.3 is 10.2 Å². The topological polar surface area (TPSA) is 40.5 Å². The van der Waals surface area contributed by atoms with Crippen molar-refractivity contribution in [3.05, 3.63) is 29.3 Å². The number of aliphatic hydroxyl groups is 1. The lowest BCUT2D eigenvalue weighted by atomic mass is 9.55. The molecule has 0 saturated heterocycles. The summed E-state index contributed by atoms with van der Waals surface area (Å²) < 4.78 is 14.1. The minimum Gasteiger partial charge on any atom is -0.508 e. The van der Waals surface area contributed by atoms with E-state index in [1.54, 1.807) is 6.07 Å². The summed E-state index contributed by atoms with van der Waals surface area (Å²) in [6, 6.07) is 5.72. The van der Waals surface area contributed by atoms with Crippen molar-refractivity contribution in [1.29, 1.82) is 0 Å². The zero-order valence-electron chi connectivity index (χ0n) is 12.4. The summed E-state index contributed by atoms with van der Waals surface area (Å²) >= 11 is 0. The van der Waals surface area contributed by atoms with Crippen molar-refractivity contribution in [2.24, 2.45) is 17.3 Å². The third-order valence-corrected chi connectivity index (χ3v) is 6.65. The Labute approximate surface area is 125 Å². The largest absolute Gasteiger partial charge is 0.508 e. The summed E-state index contributed by atoms with van der Waals surface area (Å²) in [6.45, 7) is 2.09. The molecule has 2 saturated carbocycles. The number of aliphatic hydroxyl groups excluding tert-OH is 1. The molecule has 114 valence electrons. The van der Waals surface area contributed by atoms with E-state index < -0.39 is 12.3 Å². The molecule has 21 heavy (non-hydrogen) atoms. The quantitative estimate of drug-likeness (QED) is 0.767. The number of fused-ring (bicyclic) bond motifs is 5. The van der Waals surface area contributed by atoms with E-state index >= 15 is 0 Å². The Morgan fingerprint density at radius 3 is 2.90 bits per heavy atom. The van der Waals surface area contributed by atoms with Crippen LogP contribution in [0.15, 0.2) is 18.2 Å². The van der Waals surface area contributed by atoms with Gasteiger partial charge in [-0.15, -0.1) is 0 Å². The molecule has 3 heteroatoms.